The zero-order chi connectivity index (χ0) is 21.3. The molecule has 0 bridgehead atoms. The number of amidine groups is 1. The lowest BCUT2D eigenvalue weighted by Gasteiger charge is -2.16. The third kappa shape index (κ3) is 5.35. The molecule has 32 heavy (non-hydrogen) atoms. The van der Waals surface area contributed by atoms with Crippen molar-refractivity contribution in [1.82, 2.24) is 9.88 Å². The molecule has 1 fully saturated rings. The minimum absolute atomic E-state index is 0. The molecule has 0 radical (unpaired) electrons. The molecule has 1 aliphatic rings. The zero-order valence-electron chi connectivity index (χ0n) is 17.7. The number of carboxylic acids is 1. The fourth-order valence-electron chi connectivity index (χ4n) is 4.01. The fraction of sp³-hybridized carbons (Fsp3) is 0.304. The second-order valence-electron chi connectivity index (χ2n) is 7.78. The van der Waals surface area contributed by atoms with Gasteiger partial charge in [0.1, 0.15) is 17.7 Å². The van der Waals surface area contributed by atoms with Crippen LogP contribution in [0.4, 0.5) is 0 Å². The molecule has 2 atom stereocenters. The summed E-state index contributed by atoms with van der Waals surface area (Å²) in [7, 11) is 1.91. The van der Waals surface area contributed by atoms with Crippen LogP contribution in [0.2, 0.25) is 0 Å². The Morgan fingerprint density at radius 1 is 1.25 bits per heavy atom. The van der Waals surface area contributed by atoms with Gasteiger partial charge in [-0.15, -0.1) is 24.8 Å². The number of fused-ring (bicyclic) bond motifs is 1. The minimum Gasteiger partial charge on any atom is -0.489 e. The number of ether oxygens (including phenoxy) is 1. The van der Waals surface area contributed by atoms with Crippen LogP contribution in [-0.2, 0) is 18.3 Å². The molecule has 172 valence electrons. The second-order valence-corrected chi connectivity index (χ2v) is 7.78. The largest absolute Gasteiger partial charge is 0.489 e. The van der Waals surface area contributed by atoms with Crippen molar-refractivity contribution >= 4 is 47.5 Å². The van der Waals surface area contributed by atoms with Gasteiger partial charge in [0.25, 0.3) is 0 Å². The highest BCUT2D eigenvalue weighted by Gasteiger charge is 2.23. The Morgan fingerprint density at radius 2 is 1.97 bits per heavy atom. The SMILES string of the molecule is Cl.Cl.Cn1c(CC(C(=O)O)c2ccc(O[C@H]3CCNC3)cc2)cc2ccc(C(=N)N)cc21. The maximum absolute atomic E-state index is 12.0. The van der Waals surface area contributed by atoms with Gasteiger partial charge in [-0.3, -0.25) is 10.2 Å². The Bertz CT molecular complexity index is 1090. The van der Waals surface area contributed by atoms with Gasteiger partial charge < -0.3 is 25.5 Å². The van der Waals surface area contributed by atoms with E-state index in [1.54, 1.807) is 0 Å². The Kier molecular flexibility index (Phi) is 8.55. The number of nitrogens with one attached hydrogen (secondary N) is 2. The van der Waals surface area contributed by atoms with Crippen molar-refractivity contribution in [2.24, 2.45) is 12.8 Å². The van der Waals surface area contributed by atoms with E-state index < -0.39 is 11.9 Å². The lowest BCUT2D eigenvalue weighted by atomic mass is 9.94. The first-order valence-electron chi connectivity index (χ1n) is 10.1. The van der Waals surface area contributed by atoms with E-state index in [2.05, 4.69) is 5.32 Å². The van der Waals surface area contributed by atoms with Gasteiger partial charge in [0.15, 0.2) is 0 Å². The van der Waals surface area contributed by atoms with E-state index in [0.29, 0.717) is 12.0 Å². The number of aliphatic carboxylic acids is 1. The molecule has 1 unspecified atom stereocenters. The fourth-order valence-corrected chi connectivity index (χ4v) is 4.01. The number of benzene rings is 2. The number of halogens is 2. The first-order valence-corrected chi connectivity index (χ1v) is 10.1. The minimum atomic E-state index is -0.863. The van der Waals surface area contributed by atoms with Gasteiger partial charge in [-0.25, -0.2) is 0 Å². The number of aryl methyl sites for hydroxylation is 1. The smallest absolute Gasteiger partial charge is 0.311 e. The van der Waals surface area contributed by atoms with Crippen LogP contribution in [0.1, 0.15) is 29.2 Å². The van der Waals surface area contributed by atoms with Gasteiger partial charge in [-0.05, 0) is 48.2 Å². The molecule has 3 aromatic rings. The van der Waals surface area contributed by atoms with E-state index in [1.807, 2.05) is 60.1 Å². The highest BCUT2D eigenvalue weighted by molar-refractivity contribution is 5.98. The van der Waals surface area contributed by atoms with Gasteiger partial charge in [0.2, 0.25) is 0 Å². The summed E-state index contributed by atoms with van der Waals surface area (Å²) < 4.78 is 7.91. The van der Waals surface area contributed by atoms with Gasteiger partial charge in [-0.2, -0.15) is 0 Å². The number of nitrogens with zero attached hydrogens (tertiary/aromatic N) is 1. The predicted molar refractivity (Wildman–Crippen MR) is 131 cm³/mol. The summed E-state index contributed by atoms with van der Waals surface area (Å²) in [5.74, 6) is -0.752. The third-order valence-electron chi connectivity index (χ3n) is 5.77. The Labute approximate surface area is 199 Å². The molecule has 5 N–H and O–H groups in total. The Hall–Kier alpha value is -2.74. The summed E-state index contributed by atoms with van der Waals surface area (Å²) in [5, 5.41) is 21.8. The number of nitrogens with two attached hydrogens (primary N) is 1. The van der Waals surface area contributed by atoms with E-state index in [1.165, 1.54) is 0 Å². The van der Waals surface area contributed by atoms with Crippen molar-refractivity contribution in [3.8, 4) is 5.75 Å². The van der Waals surface area contributed by atoms with Crippen molar-refractivity contribution in [2.75, 3.05) is 13.1 Å². The van der Waals surface area contributed by atoms with Gasteiger partial charge in [0.05, 0.1) is 5.92 Å². The van der Waals surface area contributed by atoms with Gasteiger partial charge in [-0.1, -0.05) is 24.3 Å². The monoisotopic (exact) mass is 478 g/mol. The van der Waals surface area contributed by atoms with Crippen LogP contribution in [0.5, 0.6) is 5.75 Å². The number of rotatable bonds is 7. The molecule has 4 rings (SSSR count). The van der Waals surface area contributed by atoms with Gasteiger partial charge in [0, 0.05) is 36.8 Å². The normalized spacial score (nSPS) is 16.1. The molecule has 0 spiro atoms. The molecule has 7 nitrogen and oxygen atoms in total. The summed E-state index contributed by atoms with van der Waals surface area (Å²) in [6.45, 7) is 1.80. The molecule has 0 aliphatic carbocycles. The first-order chi connectivity index (χ1) is 14.4. The maximum atomic E-state index is 12.0. The highest BCUT2D eigenvalue weighted by atomic mass is 35.5. The van der Waals surface area contributed by atoms with Crippen molar-refractivity contribution in [3.63, 3.8) is 0 Å². The number of carboxylic acid groups (broad SMARTS) is 1. The Balaban J connectivity index is 0.00000181. The molecule has 1 saturated heterocycles. The number of hydrogen-bond donors (Lipinski definition) is 4. The van der Waals surface area contributed by atoms with Gasteiger partial charge >= 0.3 is 5.97 Å². The highest BCUT2D eigenvalue weighted by Crippen LogP contribution is 2.28. The molecule has 0 saturated carbocycles. The van der Waals surface area contributed by atoms with Crippen LogP contribution >= 0.6 is 24.8 Å². The molecular weight excluding hydrogens is 451 g/mol. The van der Waals surface area contributed by atoms with E-state index in [-0.39, 0.29) is 36.8 Å². The van der Waals surface area contributed by atoms with Crippen molar-refractivity contribution in [2.45, 2.75) is 24.9 Å². The Morgan fingerprint density at radius 3 is 2.56 bits per heavy atom. The molecule has 9 heteroatoms. The standard InChI is InChI=1S/C23H26N4O3.2ClH/c1-27-17(10-15-2-3-16(22(24)25)11-21(15)27)12-20(23(28)29)14-4-6-18(7-5-14)30-19-8-9-26-13-19;;/h2-7,10-11,19-20,26H,8-9,12-13H2,1H3,(H3,24,25)(H,28,29);2*1H/t19-,20?;;/m0../s1. The van der Waals surface area contributed by atoms with Crippen LogP contribution in [0.3, 0.4) is 0 Å². The lowest BCUT2D eigenvalue weighted by Crippen LogP contribution is -2.19. The maximum Gasteiger partial charge on any atom is 0.311 e. The number of carbonyl (C=O) groups is 1. The topological polar surface area (TPSA) is 113 Å². The molecule has 1 aliphatic heterocycles. The van der Waals surface area contributed by atoms with E-state index in [4.69, 9.17) is 15.9 Å². The molecule has 0 amide bonds. The first kappa shape index (κ1) is 25.5. The van der Waals surface area contributed by atoms with Crippen LogP contribution in [0.15, 0.2) is 48.5 Å². The number of nitrogen functional groups attached to an aromatic ring is 1. The van der Waals surface area contributed by atoms with Crippen molar-refractivity contribution < 1.29 is 14.6 Å². The van der Waals surface area contributed by atoms with E-state index >= 15 is 0 Å². The summed E-state index contributed by atoms with van der Waals surface area (Å²) in [6.07, 6.45) is 1.51. The lowest BCUT2D eigenvalue weighted by molar-refractivity contribution is -0.138. The van der Waals surface area contributed by atoms with Crippen LogP contribution in [0.25, 0.3) is 10.9 Å². The van der Waals surface area contributed by atoms with E-state index in [9.17, 15) is 9.90 Å². The van der Waals surface area contributed by atoms with Crippen LogP contribution in [0, 0.1) is 5.41 Å². The van der Waals surface area contributed by atoms with Crippen LogP contribution < -0.4 is 15.8 Å². The second kappa shape index (κ2) is 10.7. The summed E-state index contributed by atoms with van der Waals surface area (Å²) in [5.41, 5.74) is 8.84. The molecule has 2 heterocycles. The van der Waals surface area contributed by atoms with E-state index in [0.717, 1.165) is 47.4 Å². The van der Waals surface area contributed by atoms with Crippen LogP contribution in [-0.4, -0.2) is 40.7 Å². The zero-order valence-corrected chi connectivity index (χ0v) is 19.3. The quantitative estimate of drug-likeness (QED) is 0.306. The van der Waals surface area contributed by atoms with Crippen molar-refractivity contribution in [1.29, 1.82) is 5.41 Å². The summed E-state index contributed by atoms with van der Waals surface area (Å²) in [4.78, 5) is 12.0. The average molecular weight is 479 g/mol. The average Bonchev–Trinajstić information content (AvgIpc) is 3.34. The van der Waals surface area contributed by atoms with Crippen molar-refractivity contribution in [3.05, 3.63) is 65.4 Å². The molecule has 1 aromatic heterocycles. The number of aromatic nitrogens is 1. The predicted octanol–water partition coefficient (Wildman–Crippen LogP) is 3.46. The summed E-state index contributed by atoms with van der Waals surface area (Å²) in [6, 6.07) is 15.0. The molecular formula is C23H28Cl2N4O3. The number of hydrogen-bond acceptors (Lipinski definition) is 4. The summed E-state index contributed by atoms with van der Waals surface area (Å²) >= 11 is 0. The third-order valence-corrected chi connectivity index (χ3v) is 5.77. The molecule has 2 aromatic carbocycles.